The number of nitrogens with zero attached hydrogens (tertiary/aromatic N) is 2. The zero-order valence-corrected chi connectivity index (χ0v) is 21.4. The summed E-state index contributed by atoms with van der Waals surface area (Å²) in [5.41, 5.74) is 4.86. The number of aromatic carboxylic acids is 1. The molecular weight excluding hydrogens is 488 g/mol. The second kappa shape index (κ2) is 10.7. The monoisotopic (exact) mass is 518 g/mol. The third kappa shape index (κ3) is 5.28. The van der Waals surface area contributed by atoms with Gasteiger partial charge in [-0.15, -0.1) is 11.8 Å². The first kappa shape index (κ1) is 24.2. The predicted molar refractivity (Wildman–Crippen MR) is 143 cm³/mol. The first-order valence-electron chi connectivity index (χ1n) is 12.7. The van der Waals surface area contributed by atoms with E-state index in [4.69, 9.17) is 14.2 Å². The molecule has 6 rings (SSSR count). The number of thioether (sulfide) groups is 1. The molecule has 0 radical (unpaired) electrons. The zero-order chi connectivity index (χ0) is 25.2. The average molecular weight is 519 g/mol. The molecule has 1 saturated heterocycles. The van der Waals surface area contributed by atoms with E-state index in [0.29, 0.717) is 19.0 Å². The van der Waals surface area contributed by atoms with E-state index >= 15 is 0 Å². The van der Waals surface area contributed by atoms with Crippen LogP contribution in [0.2, 0.25) is 0 Å². The normalized spacial score (nSPS) is 19.0. The molecule has 1 fully saturated rings. The van der Waals surface area contributed by atoms with Crippen LogP contribution in [0.3, 0.4) is 0 Å². The molecule has 0 spiro atoms. The van der Waals surface area contributed by atoms with Crippen LogP contribution in [0.25, 0.3) is 0 Å². The van der Waals surface area contributed by atoms with Gasteiger partial charge in [0.1, 0.15) is 12.4 Å². The Morgan fingerprint density at radius 2 is 1.65 bits per heavy atom. The van der Waals surface area contributed by atoms with Gasteiger partial charge in [0, 0.05) is 50.6 Å². The number of carbonyl (C=O) groups is 1. The van der Waals surface area contributed by atoms with Crippen LogP contribution in [0.5, 0.6) is 17.2 Å². The van der Waals surface area contributed by atoms with Gasteiger partial charge in [-0.3, -0.25) is 9.80 Å². The summed E-state index contributed by atoms with van der Waals surface area (Å²) in [7, 11) is 0. The molecule has 192 valence electrons. The lowest BCUT2D eigenvalue weighted by atomic mass is 9.98. The molecular formula is C29H30N2O5S. The first-order chi connectivity index (χ1) is 18.1. The van der Waals surface area contributed by atoms with Gasteiger partial charge in [0.2, 0.25) is 6.79 Å². The second-order valence-electron chi connectivity index (χ2n) is 9.60. The van der Waals surface area contributed by atoms with Crippen LogP contribution >= 0.6 is 11.8 Å². The van der Waals surface area contributed by atoms with Crippen molar-refractivity contribution in [3.05, 3.63) is 88.5 Å². The van der Waals surface area contributed by atoms with Gasteiger partial charge >= 0.3 is 5.97 Å². The van der Waals surface area contributed by atoms with E-state index in [1.165, 1.54) is 11.1 Å². The molecule has 0 amide bonds. The number of ether oxygens (including phenoxy) is 3. The Morgan fingerprint density at radius 1 is 0.865 bits per heavy atom. The van der Waals surface area contributed by atoms with Gasteiger partial charge < -0.3 is 19.3 Å². The molecule has 3 aliphatic rings. The summed E-state index contributed by atoms with van der Waals surface area (Å²) < 4.78 is 17.0. The highest BCUT2D eigenvalue weighted by Crippen LogP contribution is 2.44. The van der Waals surface area contributed by atoms with Crippen molar-refractivity contribution in [1.29, 1.82) is 0 Å². The Hall–Kier alpha value is -3.20. The SMILES string of the molecule is O=C(O)c1ccc2c(c1)C(SCCN1CCN(Cc3ccc4c(c3)OCO4)CC1)c1ccccc1CO2. The minimum Gasteiger partial charge on any atom is -0.489 e. The second-order valence-corrected chi connectivity index (χ2v) is 10.8. The molecule has 1 N–H and O–H groups in total. The summed E-state index contributed by atoms with van der Waals surface area (Å²) in [6, 6.07) is 19.8. The molecule has 3 aromatic rings. The molecule has 7 nitrogen and oxygen atoms in total. The van der Waals surface area contributed by atoms with E-state index in [-0.39, 0.29) is 5.25 Å². The average Bonchev–Trinajstić information content (AvgIpc) is 3.33. The highest BCUT2D eigenvalue weighted by molar-refractivity contribution is 7.99. The molecule has 0 aromatic heterocycles. The number of fused-ring (bicyclic) bond motifs is 3. The van der Waals surface area contributed by atoms with E-state index in [9.17, 15) is 9.90 Å². The van der Waals surface area contributed by atoms with Gasteiger partial charge in [-0.05, 0) is 47.0 Å². The quantitative estimate of drug-likeness (QED) is 0.485. The largest absolute Gasteiger partial charge is 0.489 e. The van der Waals surface area contributed by atoms with Crippen molar-refractivity contribution < 1.29 is 24.1 Å². The van der Waals surface area contributed by atoms with Crippen LogP contribution in [0.1, 0.15) is 37.9 Å². The summed E-state index contributed by atoms with van der Waals surface area (Å²) >= 11 is 1.87. The highest BCUT2D eigenvalue weighted by Gasteiger charge is 2.27. The summed E-state index contributed by atoms with van der Waals surface area (Å²) in [6.45, 7) is 6.86. The number of carboxylic acid groups (broad SMARTS) is 1. The van der Waals surface area contributed by atoms with Crippen LogP contribution in [0.15, 0.2) is 60.7 Å². The molecule has 0 aliphatic carbocycles. The topological polar surface area (TPSA) is 71.5 Å². The summed E-state index contributed by atoms with van der Waals surface area (Å²) in [5, 5.41) is 9.61. The van der Waals surface area contributed by atoms with Crippen molar-refractivity contribution in [3.8, 4) is 17.2 Å². The molecule has 1 atom stereocenters. The summed E-state index contributed by atoms with van der Waals surface area (Å²) in [5.74, 6) is 2.49. The summed E-state index contributed by atoms with van der Waals surface area (Å²) in [4.78, 5) is 16.7. The lowest BCUT2D eigenvalue weighted by molar-refractivity contribution is 0.0696. The molecule has 0 saturated carbocycles. The smallest absolute Gasteiger partial charge is 0.335 e. The maximum absolute atomic E-state index is 11.7. The lowest BCUT2D eigenvalue weighted by Gasteiger charge is -2.35. The fourth-order valence-electron chi connectivity index (χ4n) is 5.21. The Bertz CT molecular complexity index is 1290. The molecule has 1 unspecified atom stereocenters. The van der Waals surface area contributed by atoms with E-state index in [2.05, 4.69) is 40.1 Å². The van der Waals surface area contributed by atoms with E-state index in [0.717, 1.165) is 73.4 Å². The molecule has 0 bridgehead atoms. The van der Waals surface area contributed by atoms with Gasteiger partial charge in [0.15, 0.2) is 11.5 Å². The fourth-order valence-corrected chi connectivity index (χ4v) is 6.58. The van der Waals surface area contributed by atoms with Gasteiger partial charge in [-0.25, -0.2) is 4.79 Å². The van der Waals surface area contributed by atoms with Crippen LogP contribution in [0, 0.1) is 0 Å². The third-order valence-electron chi connectivity index (χ3n) is 7.26. The Kier molecular flexibility index (Phi) is 6.95. The standard InChI is InChI=1S/C29H30N2O5S/c32-29(33)21-6-8-25-24(16-21)28(23-4-2-1-3-22(23)18-34-25)37-14-13-30-9-11-31(12-10-30)17-20-5-7-26-27(15-20)36-19-35-26/h1-8,15-16,28H,9-14,17-19H2,(H,32,33). The zero-order valence-electron chi connectivity index (χ0n) is 20.6. The molecule has 37 heavy (non-hydrogen) atoms. The molecule has 3 aliphatic heterocycles. The fraction of sp³-hybridized carbons (Fsp3) is 0.345. The minimum absolute atomic E-state index is 0.0419. The number of hydrogen-bond acceptors (Lipinski definition) is 7. The lowest BCUT2D eigenvalue weighted by Crippen LogP contribution is -2.46. The number of carboxylic acids is 1. The van der Waals surface area contributed by atoms with Crippen LogP contribution in [0.4, 0.5) is 0 Å². The number of benzene rings is 3. The van der Waals surface area contributed by atoms with Gasteiger partial charge in [0.25, 0.3) is 0 Å². The molecule has 3 heterocycles. The molecule has 3 aromatic carbocycles. The van der Waals surface area contributed by atoms with Gasteiger partial charge in [-0.2, -0.15) is 0 Å². The Balaban J connectivity index is 1.07. The van der Waals surface area contributed by atoms with Crippen molar-refractivity contribution in [3.63, 3.8) is 0 Å². The number of piperazine rings is 1. The third-order valence-corrected chi connectivity index (χ3v) is 8.52. The predicted octanol–water partition coefficient (Wildman–Crippen LogP) is 4.65. The van der Waals surface area contributed by atoms with Crippen LogP contribution in [-0.2, 0) is 13.2 Å². The van der Waals surface area contributed by atoms with Crippen molar-refractivity contribution in [2.75, 3.05) is 45.3 Å². The van der Waals surface area contributed by atoms with Crippen molar-refractivity contribution in [2.45, 2.75) is 18.4 Å². The summed E-state index contributed by atoms with van der Waals surface area (Å²) in [6.07, 6.45) is 0. The Labute approximate surface area is 220 Å². The number of rotatable bonds is 7. The van der Waals surface area contributed by atoms with Crippen molar-refractivity contribution in [1.82, 2.24) is 9.80 Å². The molecule has 8 heteroatoms. The van der Waals surface area contributed by atoms with Crippen LogP contribution < -0.4 is 14.2 Å². The van der Waals surface area contributed by atoms with E-state index in [1.807, 2.05) is 23.9 Å². The van der Waals surface area contributed by atoms with Gasteiger partial charge in [-0.1, -0.05) is 30.3 Å². The van der Waals surface area contributed by atoms with Crippen LogP contribution in [-0.4, -0.2) is 66.1 Å². The van der Waals surface area contributed by atoms with E-state index < -0.39 is 5.97 Å². The highest BCUT2D eigenvalue weighted by atomic mass is 32.2. The maximum atomic E-state index is 11.7. The Morgan fingerprint density at radius 3 is 2.51 bits per heavy atom. The van der Waals surface area contributed by atoms with Crippen molar-refractivity contribution in [2.24, 2.45) is 0 Å². The van der Waals surface area contributed by atoms with Crippen molar-refractivity contribution >= 4 is 17.7 Å². The maximum Gasteiger partial charge on any atom is 0.335 e. The van der Waals surface area contributed by atoms with E-state index in [1.54, 1.807) is 18.2 Å². The number of hydrogen-bond donors (Lipinski definition) is 1. The van der Waals surface area contributed by atoms with Gasteiger partial charge in [0.05, 0.1) is 10.8 Å². The first-order valence-corrected chi connectivity index (χ1v) is 13.7. The minimum atomic E-state index is -0.914.